The minimum absolute atomic E-state index is 0.00766. The van der Waals surface area contributed by atoms with Crippen LogP contribution < -0.4 is 4.90 Å². The first-order valence-electron chi connectivity index (χ1n) is 7.80. The summed E-state index contributed by atoms with van der Waals surface area (Å²) in [6.07, 6.45) is 1.98. The maximum Gasteiger partial charge on any atom is 0.214 e. The van der Waals surface area contributed by atoms with Crippen molar-refractivity contribution in [2.75, 3.05) is 36.8 Å². The summed E-state index contributed by atoms with van der Waals surface area (Å²) in [5.74, 6) is 0.160. The molecule has 0 spiro atoms. The second kappa shape index (κ2) is 5.71. The van der Waals surface area contributed by atoms with E-state index in [0.717, 1.165) is 15.8 Å². The van der Waals surface area contributed by atoms with E-state index in [2.05, 4.69) is 35.8 Å². The zero-order valence-electron chi connectivity index (χ0n) is 14.0. The molecule has 3 heterocycles. The monoisotopic (exact) mass is 357 g/mol. The molecule has 1 saturated heterocycles. The molecule has 0 saturated carbocycles. The van der Waals surface area contributed by atoms with Gasteiger partial charge in [0.15, 0.2) is 0 Å². The molecule has 0 unspecified atom stereocenters. The molecule has 0 bridgehead atoms. The molecule has 0 aromatic carbocycles. The smallest absolute Gasteiger partial charge is 0.214 e. The summed E-state index contributed by atoms with van der Waals surface area (Å²) < 4.78 is 27.2. The molecule has 7 nitrogen and oxygen atoms in total. The molecular formula is C14H23N5O2S2. The fourth-order valence-electron chi connectivity index (χ4n) is 2.52. The minimum atomic E-state index is -3.09. The number of rotatable bonds is 3. The number of aromatic nitrogens is 3. The van der Waals surface area contributed by atoms with Gasteiger partial charge in [-0.1, -0.05) is 32.1 Å². The number of hydrogen-bond donors (Lipinski definition) is 0. The van der Waals surface area contributed by atoms with Gasteiger partial charge in [-0.2, -0.15) is 4.31 Å². The van der Waals surface area contributed by atoms with E-state index in [1.54, 1.807) is 22.6 Å². The Bertz CT molecular complexity index is 763. The molecule has 0 amide bonds. The van der Waals surface area contributed by atoms with Crippen LogP contribution in [0.3, 0.4) is 0 Å². The van der Waals surface area contributed by atoms with Crippen LogP contribution in [-0.4, -0.2) is 59.3 Å². The maximum absolute atomic E-state index is 11.9. The van der Waals surface area contributed by atoms with Gasteiger partial charge in [-0.3, -0.25) is 0 Å². The van der Waals surface area contributed by atoms with E-state index >= 15 is 0 Å². The molecule has 1 aliphatic rings. The highest BCUT2D eigenvalue weighted by molar-refractivity contribution is 7.89. The SMILES string of the molecule is CCS(=O)(=O)N1CCN(c2nn3cc(C(C)(C)C)nc3s2)CC1. The van der Waals surface area contributed by atoms with Gasteiger partial charge in [0.25, 0.3) is 0 Å². The van der Waals surface area contributed by atoms with Crippen LogP contribution in [0.5, 0.6) is 0 Å². The van der Waals surface area contributed by atoms with E-state index in [-0.39, 0.29) is 11.2 Å². The number of nitrogens with zero attached hydrogens (tertiary/aromatic N) is 5. The first-order valence-corrected chi connectivity index (χ1v) is 10.2. The van der Waals surface area contributed by atoms with Crippen LogP contribution in [0.2, 0.25) is 0 Å². The summed E-state index contributed by atoms with van der Waals surface area (Å²) in [5.41, 5.74) is 1.04. The van der Waals surface area contributed by atoms with Gasteiger partial charge >= 0.3 is 0 Å². The van der Waals surface area contributed by atoms with Crippen LogP contribution in [-0.2, 0) is 15.4 Å². The van der Waals surface area contributed by atoms with Gasteiger partial charge in [-0.25, -0.2) is 17.9 Å². The van der Waals surface area contributed by atoms with Gasteiger partial charge in [0, 0.05) is 31.6 Å². The molecule has 2 aromatic rings. The third-order valence-corrected chi connectivity index (χ3v) is 6.93. The predicted octanol–water partition coefficient (Wildman–Crippen LogP) is 1.56. The maximum atomic E-state index is 11.9. The Morgan fingerprint density at radius 2 is 1.87 bits per heavy atom. The van der Waals surface area contributed by atoms with Crippen LogP contribution in [0.1, 0.15) is 33.4 Å². The van der Waals surface area contributed by atoms with Crippen molar-refractivity contribution in [1.82, 2.24) is 18.9 Å². The quantitative estimate of drug-likeness (QED) is 0.834. The summed E-state index contributed by atoms with van der Waals surface area (Å²) in [4.78, 5) is 7.67. The predicted molar refractivity (Wildman–Crippen MR) is 92.8 cm³/mol. The van der Waals surface area contributed by atoms with Crippen LogP contribution in [0.4, 0.5) is 5.13 Å². The van der Waals surface area contributed by atoms with E-state index < -0.39 is 10.0 Å². The molecule has 0 atom stereocenters. The van der Waals surface area contributed by atoms with Crippen molar-refractivity contribution in [1.29, 1.82) is 0 Å². The number of imidazole rings is 1. The lowest BCUT2D eigenvalue weighted by molar-refractivity contribution is 0.385. The summed E-state index contributed by atoms with van der Waals surface area (Å²) in [6.45, 7) is 10.5. The third kappa shape index (κ3) is 3.22. The van der Waals surface area contributed by atoms with Crippen molar-refractivity contribution in [3.63, 3.8) is 0 Å². The molecule has 0 radical (unpaired) electrons. The van der Waals surface area contributed by atoms with Gasteiger partial charge in [0.2, 0.25) is 20.1 Å². The van der Waals surface area contributed by atoms with Crippen molar-refractivity contribution in [3.8, 4) is 0 Å². The standard InChI is InChI=1S/C14H23N5O2S2/c1-5-23(20,21)18-8-6-17(7-9-18)13-16-19-10-11(14(2,3)4)15-12(19)22-13/h10H,5-9H2,1-4H3. The van der Waals surface area contributed by atoms with E-state index in [4.69, 9.17) is 0 Å². The third-order valence-electron chi connectivity index (χ3n) is 4.07. The molecule has 128 valence electrons. The number of fused-ring (bicyclic) bond motifs is 1. The van der Waals surface area contributed by atoms with Crippen LogP contribution in [0.15, 0.2) is 6.20 Å². The lowest BCUT2D eigenvalue weighted by atomic mass is 9.93. The van der Waals surface area contributed by atoms with Crippen LogP contribution >= 0.6 is 11.3 Å². The number of piperazine rings is 1. The van der Waals surface area contributed by atoms with E-state index in [0.29, 0.717) is 26.2 Å². The lowest BCUT2D eigenvalue weighted by Gasteiger charge is -2.33. The average molecular weight is 358 g/mol. The van der Waals surface area contributed by atoms with E-state index in [1.807, 2.05) is 10.7 Å². The Morgan fingerprint density at radius 3 is 2.39 bits per heavy atom. The lowest BCUT2D eigenvalue weighted by Crippen LogP contribution is -2.49. The zero-order valence-corrected chi connectivity index (χ0v) is 15.6. The average Bonchev–Trinajstić information content (AvgIpc) is 3.05. The Hall–Kier alpha value is -1.19. The van der Waals surface area contributed by atoms with Crippen LogP contribution in [0, 0.1) is 0 Å². The fourth-order valence-corrected chi connectivity index (χ4v) is 4.54. The fraction of sp³-hybridized carbons (Fsp3) is 0.714. The molecule has 1 aliphatic heterocycles. The number of hydrogen-bond acceptors (Lipinski definition) is 6. The topological polar surface area (TPSA) is 70.8 Å². The summed E-state index contributed by atoms with van der Waals surface area (Å²) in [6, 6.07) is 0. The molecule has 1 fully saturated rings. The second-order valence-corrected chi connectivity index (χ2v) is 9.97. The first-order chi connectivity index (χ1) is 10.7. The highest BCUT2D eigenvalue weighted by atomic mass is 32.2. The minimum Gasteiger partial charge on any atom is -0.344 e. The largest absolute Gasteiger partial charge is 0.344 e. The summed E-state index contributed by atoms with van der Waals surface area (Å²) in [5, 5.41) is 5.51. The molecule has 9 heteroatoms. The molecular weight excluding hydrogens is 334 g/mol. The van der Waals surface area contributed by atoms with Gasteiger partial charge in [0.05, 0.1) is 17.6 Å². The molecule has 23 heavy (non-hydrogen) atoms. The van der Waals surface area contributed by atoms with Gasteiger partial charge in [-0.05, 0) is 6.92 Å². The van der Waals surface area contributed by atoms with Crippen molar-refractivity contribution >= 4 is 31.5 Å². The number of sulfonamides is 1. The van der Waals surface area contributed by atoms with Gasteiger partial charge in [0.1, 0.15) is 0 Å². The van der Waals surface area contributed by atoms with E-state index in [1.165, 1.54) is 0 Å². The zero-order chi connectivity index (χ0) is 16.8. The molecule has 3 rings (SSSR count). The Kier molecular flexibility index (Phi) is 4.14. The van der Waals surface area contributed by atoms with Gasteiger partial charge < -0.3 is 4.90 Å². The molecule has 2 aromatic heterocycles. The molecule has 0 aliphatic carbocycles. The highest BCUT2D eigenvalue weighted by Crippen LogP contribution is 2.28. The highest BCUT2D eigenvalue weighted by Gasteiger charge is 2.27. The second-order valence-electron chi connectivity index (χ2n) is 6.77. The summed E-state index contributed by atoms with van der Waals surface area (Å²) in [7, 11) is -3.09. The first kappa shape index (κ1) is 16.7. The molecule has 0 N–H and O–H groups in total. The van der Waals surface area contributed by atoms with Crippen molar-refractivity contribution in [3.05, 3.63) is 11.9 Å². The Morgan fingerprint density at radius 1 is 1.22 bits per heavy atom. The summed E-state index contributed by atoms with van der Waals surface area (Å²) >= 11 is 1.55. The van der Waals surface area contributed by atoms with Crippen molar-refractivity contribution < 1.29 is 8.42 Å². The number of anilines is 1. The van der Waals surface area contributed by atoms with Crippen molar-refractivity contribution in [2.24, 2.45) is 0 Å². The van der Waals surface area contributed by atoms with Crippen molar-refractivity contribution in [2.45, 2.75) is 33.1 Å². The Labute approximate surface area is 141 Å². The van der Waals surface area contributed by atoms with Crippen LogP contribution in [0.25, 0.3) is 4.96 Å². The van der Waals surface area contributed by atoms with Gasteiger partial charge in [-0.15, -0.1) is 5.10 Å². The normalized spacial score (nSPS) is 18.0. The Balaban J connectivity index is 1.74. The van der Waals surface area contributed by atoms with E-state index in [9.17, 15) is 8.42 Å².